The standard InChI is InChI=1S/C18H21ClFN3/c1-18(2,3)17-21-9-13-11-23(7-6-16(13)22-17)10-12-4-5-14(20)8-15(12)19/h4-5,8-9H,6-7,10-11H2,1-3H3. The largest absolute Gasteiger partial charge is 0.294 e. The average Bonchev–Trinajstić information content (AvgIpc) is 2.48. The third kappa shape index (κ3) is 3.70. The summed E-state index contributed by atoms with van der Waals surface area (Å²) in [6.07, 6.45) is 2.85. The highest BCUT2D eigenvalue weighted by molar-refractivity contribution is 6.31. The van der Waals surface area contributed by atoms with E-state index in [1.165, 1.54) is 17.7 Å². The first-order valence-electron chi connectivity index (χ1n) is 7.84. The third-order valence-corrected chi connectivity index (χ3v) is 4.44. The fourth-order valence-electron chi connectivity index (χ4n) is 2.76. The van der Waals surface area contributed by atoms with E-state index in [2.05, 4.69) is 30.7 Å². The predicted molar refractivity (Wildman–Crippen MR) is 90.0 cm³/mol. The number of aromatic nitrogens is 2. The van der Waals surface area contributed by atoms with Gasteiger partial charge in [0, 0.05) is 53.9 Å². The highest BCUT2D eigenvalue weighted by Crippen LogP contribution is 2.25. The van der Waals surface area contributed by atoms with Gasteiger partial charge in [0.2, 0.25) is 0 Å². The number of hydrogen-bond acceptors (Lipinski definition) is 3. The Morgan fingerprint density at radius 1 is 1.30 bits per heavy atom. The van der Waals surface area contributed by atoms with Gasteiger partial charge in [0.05, 0.1) is 0 Å². The van der Waals surface area contributed by atoms with E-state index < -0.39 is 0 Å². The van der Waals surface area contributed by atoms with Crippen LogP contribution in [0.1, 0.15) is 43.4 Å². The number of fused-ring (bicyclic) bond motifs is 1. The van der Waals surface area contributed by atoms with E-state index in [1.807, 2.05) is 6.20 Å². The summed E-state index contributed by atoms with van der Waals surface area (Å²) in [5.74, 6) is 0.595. The van der Waals surface area contributed by atoms with Gasteiger partial charge in [-0.3, -0.25) is 4.90 Å². The van der Waals surface area contributed by atoms with Crippen LogP contribution in [0.25, 0.3) is 0 Å². The molecule has 0 aliphatic carbocycles. The molecule has 0 saturated heterocycles. The second-order valence-corrected chi connectivity index (χ2v) is 7.52. The smallest absolute Gasteiger partial charge is 0.133 e. The lowest BCUT2D eigenvalue weighted by molar-refractivity contribution is 0.242. The van der Waals surface area contributed by atoms with Gasteiger partial charge in [-0.1, -0.05) is 38.4 Å². The SMILES string of the molecule is CC(C)(C)c1ncc2c(n1)CCN(Cc1ccc(F)cc1Cl)C2. The quantitative estimate of drug-likeness (QED) is 0.827. The Labute approximate surface area is 141 Å². The van der Waals surface area contributed by atoms with Crippen molar-refractivity contribution in [3.8, 4) is 0 Å². The summed E-state index contributed by atoms with van der Waals surface area (Å²) < 4.78 is 13.1. The molecule has 3 nitrogen and oxygen atoms in total. The molecule has 1 aromatic carbocycles. The van der Waals surface area contributed by atoms with Crippen molar-refractivity contribution < 1.29 is 4.39 Å². The van der Waals surface area contributed by atoms with Crippen molar-refractivity contribution in [2.75, 3.05) is 6.54 Å². The van der Waals surface area contributed by atoms with Crippen LogP contribution in [0.3, 0.4) is 0 Å². The number of benzene rings is 1. The molecule has 1 aliphatic rings. The molecular formula is C18H21ClFN3. The van der Waals surface area contributed by atoms with Gasteiger partial charge in [0.15, 0.2) is 0 Å². The molecule has 23 heavy (non-hydrogen) atoms. The lowest BCUT2D eigenvalue weighted by Crippen LogP contribution is -2.32. The Hall–Kier alpha value is -1.52. The maximum atomic E-state index is 13.1. The van der Waals surface area contributed by atoms with Crippen molar-refractivity contribution in [2.24, 2.45) is 0 Å². The molecule has 1 aromatic heterocycles. The molecule has 0 radical (unpaired) electrons. The van der Waals surface area contributed by atoms with E-state index in [0.29, 0.717) is 11.6 Å². The van der Waals surface area contributed by atoms with E-state index in [0.717, 1.165) is 36.6 Å². The van der Waals surface area contributed by atoms with Crippen molar-refractivity contribution >= 4 is 11.6 Å². The van der Waals surface area contributed by atoms with Crippen LogP contribution in [0, 0.1) is 5.82 Å². The molecule has 0 N–H and O–H groups in total. The minimum atomic E-state index is -0.300. The molecule has 0 spiro atoms. The Morgan fingerprint density at radius 3 is 2.78 bits per heavy atom. The fourth-order valence-corrected chi connectivity index (χ4v) is 2.99. The molecule has 122 valence electrons. The molecule has 1 aliphatic heterocycles. The number of rotatable bonds is 2. The van der Waals surface area contributed by atoms with Gasteiger partial charge in [0.1, 0.15) is 11.6 Å². The lowest BCUT2D eigenvalue weighted by atomic mass is 9.95. The zero-order valence-corrected chi connectivity index (χ0v) is 14.5. The van der Waals surface area contributed by atoms with Gasteiger partial charge in [0.25, 0.3) is 0 Å². The Morgan fingerprint density at radius 2 is 2.09 bits per heavy atom. The molecule has 2 heterocycles. The second-order valence-electron chi connectivity index (χ2n) is 7.11. The van der Waals surface area contributed by atoms with Crippen LogP contribution in [0.5, 0.6) is 0 Å². The van der Waals surface area contributed by atoms with E-state index >= 15 is 0 Å². The zero-order valence-electron chi connectivity index (χ0n) is 13.7. The highest BCUT2D eigenvalue weighted by atomic mass is 35.5. The van der Waals surface area contributed by atoms with E-state index in [9.17, 15) is 4.39 Å². The summed E-state index contributed by atoms with van der Waals surface area (Å²) in [6.45, 7) is 8.80. The van der Waals surface area contributed by atoms with Crippen LogP contribution >= 0.6 is 11.6 Å². The Balaban J connectivity index is 1.75. The molecule has 0 bridgehead atoms. The topological polar surface area (TPSA) is 29.0 Å². The van der Waals surface area contributed by atoms with E-state index in [1.54, 1.807) is 6.07 Å². The number of nitrogens with zero attached hydrogens (tertiary/aromatic N) is 3. The van der Waals surface area contributed by atoms with Gasteiger partial charge < -0.3 is 0 Å². The molecule has 0 fully saturated rings. The number of hydrogen-bond donors (Lipinski definition) is 0. The van der Waals surface area contributed by atoms with Crippen LogP contribution in [0.15, 0.2) is 24.4 Å². The lowest BCUT2D eigenvalue weighted by Gasteiger charge is -2.29. The van der Waals surface area contributed by atoms with E-state index in [4.69, 9.17) is 16.6 Å². The maximum Gasteiger partial charge on any atom is 0.133 e. The summed E-state index contributed by atoms with van der Waals surface area (Å²) in [6, 6.07) is 4.58. The zero-order chi connectivity index (χ0) is 16.6. The normalized spacial score (nSPS) is 15.5. The summed E-state index contributed by atoms with van der Waals surface area (Å²) >= 11 is 6.13. The van der Waals surface area contributed by atoms with Crippen molar-refractivity contribution in [3.63, 3.8) is 0 Å². The fraction of sp³-hybridized carbons (Fsp3) is 0.444. The second kappa shape index (κ2) is 6.17. The van der Waals surface area contributed by atoms with Crippen molar-refractivity contribution in [3.05, 3.63) is 57.9 Å². The van der Waals surface area contributed by atoms with Crippen molar-refractivity contribution in [2.45, 2.75) is 45.7 Å². The van der Waals surface area contributed by atoms with Crippen LogP contribution in [-0.4, -0.2) is 21.4 Å². The Bertz CT molecular complexity index is 725. The van der Waals surface area contributed by atoms with Crippen LogP contribution in [-0.2, 0) is 24.9 Å². The minimum Gasteiger partial charge on any atom is -0.294 e. The molecule has 0 unspecified atom stereocenters. The Kier molecular flexibility index (Phi) is 4.39. The summed E-state index contributed by atoms with van der Waals surface area (Å²) in [4.78, 5) is 11.6. The third-order valence-electron chi connectivity index (χ3n) is 4.09. The highest BCUT2D eigenvalue weighted by Gasteiger charge is 2.23. The molecule has 0 saturated carbocycles. The van der Waals surface area contributed by atoms with Crippen molar-refractivity contribution in [1.82, 2.24) is 14.9 Å². The summed E-state index contributed by atoms with van der Waals surface area (Å²) in [5.41, 5.74) is 3.23. The molecule has 3 rings (SSSR count). The number of halogens is 2. The molecule has 0 amide bonds. The first-order valence-corrected chi connectivity index (χ1v) is 8.22. The monoisotopic (exact) mass is 333 g/mol. The average molecular weight is 334 g/mol. The maximum absolute atomic E-state index is 13.1. The van der Waals surface area contributed by atoms with E-state index in [-0.39, 0.29) is 11.2 Å². The van der Waals surface area contributed by atoms with Crippen molar-refractivity contribution in [1.29, 1.82) is 0 Å². The molecule has 0 atom stereocenters. The first-order chi connectivity index (χ1) is 10.8. The molecule has 5 heteroatoms. The van der Waals surface area contributed by atoms with Crippen LogP contribution in [0.4, 0.5) is 4.39 Å². The minimum absolute atomic E-state index is 0.0339. The van der Waals surface area contributed by atoms with Crippen LogP contribution in [0.2, 0.25) is 5.02 Å². The molecular weight excluding hydrogens is 313 g/mol. The van der Waals surface area contributed by atoms with Gasteiger partial charge in [-0.2, -0.15) is 0 Å². The van der Waals surface area contributed by atoms with Gasteiger partial charge >= 0.3 is 0 Å². The first kappa shape index (κ1) is 16.3. The summed E-state index contributed by atoms with van der Waals surface area (Å²) in [5, 5.41) is 0.482. The summed E-state index contributed by atoms with van der Waals surface area (Å²) in [7, 11) is 0. The van der Waals surface area contributed by atoms with Crippen LogP contribution < -0.4 is 0 Å². The molecule has 2 aromatic rings. The van der Waals surface area contributed by atoms with Gasteiger partial charge in [-0.05, 0) is 17.7 Å². The van der Waals surface area contributed by atoms with Gasteiger partial charge in [-0.15, -0.1) is 0 Å². The van der Waals surface area contributed by atoms with Gasteiger partial charge in [-0.25, -0.2) is 14.4 Å². The predicted octanol–water partition coefficient (Wildman–Crippen LogP) is 4.12.